The number of nitrogens with zero attached hydrogens (tertiary/aromatic N) is 2. The average Bonchev–Trinajstić information content (AvgIpc) is 2.75. The maximum Gasteiger partial charge on any atom is 0.251 e. The van der Waals surface area contributed by atoms with Crippen molar-refractivity contribution in [1.82, 2.24) is 15.5 Å². The van der Waals surface area contributed by atoms with Crippen LogP contribution in [0.1, 0.15) is 48.0 Å². The maximum absolute atomic E-state index is 12.6. The summed E-state index contributed by atoms with van der Waals surface area (Å²) in [6.45, 7) is 2.06. The number of anilines is 2. The van der Waals surface area contributed by atoms with Gasteiger partial charge in [-0.15, -0.1) is 10.2 Å². The molecule has 5 heteroatoms. The lowest BCUT2D eigenvalue weighted by molar-refractivity contribution is 0.0928. The third kappa shape index (κ3) is 4.99. The first-order valence-corrected chi connectivity index (χ1v) is 10.3. The van der Waals surface area contributed by atoms with Crippen molar-refractivity contribution in [3.8, 4) is 11.3 Å². The number of rotatable bonds is 5. The quantitative estimate of drug-likeness (QED) is 0.628. The zero-order valence-electron chi connectivity index (χ0n) is 16.7. The Bertz CT molecular complexity index is 978. The van der Waals surface area contributed by atoms with Crippen molar-refractivity contribution in [2.75, 3.05) is 5.32 Å². The molecule has 1 amide bonds. The second kappa shape index (κ2) is 8.86. The molecule has 2 aromatic carbocycles. The van der Waals surface area contributed by atoms with Crippen molar-refractivity contribution in [1.29, 1.82) is 0 Å². The molecule has 29 heavy (non-hydrogen) atoms. The van der Waals surface area contributed by atoms with E-state index in [0.717, 1.165) is 29.8 Å². The topological polar surface area (TPSA) is 66.9 Å². The molecule has 0 radical (unpaired) electrons. The molecular formula is C24H26N4O. The number of aromatic nitrogens is 2. The van der Waals surface area contributed by atoms with Gasteiger partial charge in [0.25, 0.3) is 5.91 Å². The maximum atomic E-state index is 12.6. The Hall–Kier alpha value is -3.21. The van der Waals surface area contributed by atoms with Gasteiger partial charge in [-0.1, -0.05) is 49.1 Å². The van der Waals surface area contributed by atoms with Crippen molar-refractivity contribution in [3.63, 3.8) is 0 Å². The van der Waals surface area contributed by atoms with Crippen LogP contribution < -0.4 is 10.6 Å². The number of nitrogens with one attached hydrogen (secondary N) is 2. The average molecular weight is 386 g/mol. The standard InChI is InChI=1S/C24H26N4O/c1-17-7-5-8-18(15-17)22-13-14-23(28-27-22)25-21-12-6-9-19(16-21)24(29)26-20-10-3-2-4-11-20/h5-9,12-16,20H,2-4,10-11H2,1H3,(H,25,28)(H,26,29). The van der Waals surface area contributed by atoms with Crippen LogP contribution >= 0.6 is 0 Å². The molecule has 148 valence electrons. The number of amides is 1. The van der Waals surface area contributed by atoms with Gasteiger partial charge >= 0.3 is 0 Å². The zero-order valence-corrected chi connectivity index (χ0v) is 16.7. The summed E-state index contributed by atoms with van der Waals surface area (Å²) in [5, 5.41) is 15.0. The molecule has 1 aliphatic rings. The Balaban J connectivity index is 1.43. The second-order valence-electron chi connectivity index (χ2n) is 7.69. The summed E-state index contributed by atoms with van der Waals surface area (Å²) in [6.07, 6.45) is 5.82. The molecule has 4 rings (SSSR count). The van der Waals surface area contributed by atoms with Gasteiger partial charge < -0.3 is 10.6 Å². The Morgan fingerprint density at radius 2 is 1.76 bits per heavy atom. The zero-order chi connectivity index (χ0) is 20.1. The first kappa shape index (κ1) is 19.1. The van der Waals surface area contributed by atoms with Crippen LogP contribution in [0.2, 0.25) is 0 Å². The summed E-state index contributed by atoms with van der Waals surface area (Å²) in [6, 6.07) is 19.8. The molecule has 1 saturated carbocycles. The van der Waals surface area contributed by atoms with E-state index in [4.69, 9.17) is 0 Å². The molecule has 1 heterocycles. The van der Waals surface area contributed by atoms with Crippen molar-refractivity contribution in [3.05, 3.63) is 71.8 Å². The molecule has 1 aromatic heterocycles. The van der Waals surface area contributed by atoms with E-state index in [-0.39, 0.29) is 5.91 Å². The van der Waals surface area contributed by atoms with Crippen molar-refractivity contribution >= 4 is 17.4 Å². The highest BCUT2D eigenvalue weighted by Gasteiger charge is 2.16. The van der Waals surface area contributed by atoms with E-state index in [2.05, 4.69) is 39.9 Å². The molecule has 0 unspecified atom stereocenters. The smallest absolute Gasteiger partial charge is 0.251 e. The number of carbonyl (C=O) groups excluding carboxylic acids is 1. The van der Waals surface area contributed by atoms with Crippen molar-refractivity contribution in [2.45, 2.75) is 45.1 Å². The Labute approximate surface area is 171 Å². The van der Waals surface area contributed by atoms with Gasteiger partial charge in [0, 0.05) is 22.9 Å². The summed E-state index contributed by atoms with van der Waals surface area (Å²) < 4.78 is 0. The fourth-order valence-corrected chi connectivity index (χ4v) is 3.76. The van der Waals surface area contributed by atoms with Gasteiger partial charge in [0.05, 0.1) is 5.69 Å². The Kier molecular flexibility index (Phi) is 5.84. The van der Waals surface area contributed by atoms with E-state index in [1.165, 1.54) is 24.8 Å². The summed E-state index contributed by atoms with van der Waals surface area (Å²) in [7, 11) is 0. The highest BCUT2D eigenvalue weighted by Crippen LogP contribution is 2.21. The third-order valence-corrected chi connectivity index (χ3v) is 5.32. The lowest BCUT2D eigenvalue weighted by atomic mass is 9.95. The molecule has 0 atom stereocenters. The van der Waals surface area contributed by atoms with Crippen LogP contribution in [0.3, 0.4) is 0 Å². The molecule has 5 nitrogen and oxygen atoms in total. The first-order chi connectivity index (χ1) is 14.2. The van der Waals surface area contributed by atoms with Crippen LogP contribution in [0.25, 0.3) is 11.3 Å². The number of benzene rings is 2. The third-order valence-electron chi connectivity index (χ3n) is 5.32. The van der Waals surface area contributed by atoms with Gasteiger partial charge in [-0.25, -0.2) is 0 Å². The van der Waals surface area contributed by atoms with Crippen LogP contribution in [0.5, 0.6) is 0 Å². The van der Waals surface area contributed by atoms with Gasteiger partial charge in [-0.05, 0) is 56.2 Å². The molecule has 1 aliphatic carbocycles. The monoisotopic (exact) mass is 386 g/mol. The van der Waals surface area contributed by atoms with Crippen LogP contribution in [0.4, 0.5) is 11.5 Å². The van der Waals surface area contributed by atoms with Crippen molar-refractivity contribution < 1.29 is 4.79 Å². The Morgan fingerprint density at radius 1 is 0.931 bits per heavy atom. The largest absolute Gasteiger partial charge is 0.349 e. The molecule has 0 bridgehead atoms. The van der Waals surface area contributed by atoms with Crippen molar-refractivity contribution in [2.24, 2.45) is 0 Å². The van der Waals surface area contributed by atoms with E-state index < -0.39 is 0 Å². The summed E-state index contributed by atoms with van der Waals surface area (Å²) in [5.74, 6) is 0.632. The molecule has 0 saturated heterocycles. The lowest BCUT2D eigenvalue weighted by Gasteiger charge is -2.22. The number of hydrogen-bond donors (Lipinski definition) is 2. The van der Waals surface area contributed by atoms with E-state index >= 15 is 0 Å². The molecule has 3 aromatic rings. The minimum Gasteiger partial charge on any atom is -0.349 e. The highest BCUT2D eigenvalue weighted by molar-refractivity contribution is 5.95. The van der Waals surface area contributed by atoms with Gasteiger partial charge in [-0.3, -0.25) is 4.79 Å². The molecule has 1 fully saturated rings. The Morgan fingerprint density at radius 3 is 2.52 bits per heavy atom. The number of hydrogen-bond acceptors (Lipinski definition) is 4. The van der Waals surface area contributed by atoms with Crippen LogP contribution in [-0.2, 0) is 0 Å². The second-order valence-corrected chi connectivity index (χ2v) is 7.69. The molecule has 0 spiro atoms. The van der Waals surface area contributed by atoms with Gasteiger partial charge in [0.1, 0.15) is 0 Å². The SMILES string of the molecule is Cc1cccc(-c2ccc(Nc3cccc(C(=O)NC4CCCCC4)c3)nn2)c1. The van der Waals surface area contributed by atoms with Crippen LogP contribution in [-0.4, -0.2) is 22.1 Å². The molecule has 0 aliphatic heterocycles. The number of carbonyl (C=O) groups is 1. The highest BCUT2D eigenvalue weighted by atomic mass is 16.1. The molecule has 2 N–H and O–H groups in total. The fourth-order valence-electron chi connectivity index (χ4n) is 3.76. The molecular weight excluding hydrogens is 360 g/mol. The van der Waals surface area contributed by atoms with Crippen LogP contribution in [0.15, 0.2) is 60.7 Å². The predicted octanol–water partition coefficient (Wildman–Crippen LogP) is 5.26. The number of aryl methyl sites for hydroxylation is 1. The van der Waals surface area contributed by atoms with E-state index in [9.17, 15) is 4.79 Å². The minimum absolute atomic E-state index is 0.0126. The van der Waals surface area contributed by atoms with Gasteiger partial charge in [0.15, 0.2) is 5.82 Å². The fraction of sp³-hybridized carbons (Fsp3) is 0.292. The van der Waals surface area contributed by atoms with E-state index in [1.807, 2.05) is 48.5 Å². The van der Waals surface area contributed by atoms with E-state index in [1.54, 1.807) is 0 Å². The summed E-state index contributed by atoms with van der Waals surface area (Å²) in [4.78, 5) is 12.6. The normalized spacial score (nSPS) is 14.4. The first-order valence-electron chi connectivity index (χ1n) is 10.3. The van der Waals surface area contributed by atoms with Gasteiger partial charge in [0.2, 0.25) is 0 Å². The summed E-state index contributed by atoms with van der Waals surface area (Å²) in [5.41, 5.74) is 4.55. The summed E-state index contributed by atoms with van der Waals surface area (Å²) >= 11 is 0. The predicted molar refractivity (Wildman–Crippen MR) is 116 cm³/mol. The minimum atomic E-state index is -0.0126. The van der Waals surface area contributed by atoms with Crippen LogP contribution in [0, 0.1) is 6.92 Å². The lowest BCUT2D eigenvalue weighted by Crippen LogP contribution is -2.36. The van der Waals surface area contributed by atoms with E-state index in [0.29, 0.717) is 17.4 Å². The van der Waals surface area contributed by atoms with Gasteiger partial charge in [-0.2, -0.15) is 0 Å².